The highest BCUT2D eigenvalue weighted by atomic mass is 16.3. The lowest BCUT2D eigenvalue weighted by atomic mass is 10.1. The van der Waals surface area contributed by atoms with E-state index in [1.807, 2.05) is 30.3 Å². The van der Waals surface area contributed by atoms with Crippen LogP contribution in [0.2, 0.25) is 0 Å². The van der Waals surface area contributed by atoms with Gasteiger partial charge >= 0.3 is 6.03 Å². The SMILES string of the molecule is O=C(NCCNC(=O)c1ccco1)NCCc1ccccc1. The monoisotopic (exact) mass is 301 g/mol. The Morgan fingerprint density at radius 3 is 2.32 bits per heavy atom. The lowest BCUT2D eigenvalue weighted by molar-refractivity contribution is 0.0926. The van der Waals surface area contributed by atoms with Crippen molar-refractivity contribution in [3.63, 3.8) is 0 Å². The summed E-state index contributed by atoms with van der Waals surface area (Å²) in [6.45, 7) is 1.25. The topological polar surface area (TPSA) is 83.4 Å². The minimum Gasteiger partial charge on any atom is -0.459 e. The van der Waals surface area contributed by atoms with Crippen LogP contribution in [0.15, 0.2) is 53.1 Å². The van der Waals surface area contributed by atoms with Crippen molar-refractivity contribution in [2.75, 3.05) is 19.6 Å². The van der Waals surface area contributed by atoms with Gasteiger partial charge in [-0.25, -0.2) is 4.79 Å². The number of furan rings is 1. The highest BCUT2D eigenvalue weighted by molar-refractivity contribution is 5.91. The number of carbonyl (C=O) groups excluding carboxylic acids is 2. The molecule has 2 aromatic rings. The molecule has 0 saturated carbocycles. The van der Waals surface area contributed by atoms with Gasteiger partial charge in [0.1, 0.15) is 0 Å². The fourth-order valence-corrected chi connectivity index (χ4v) is 1.87. The Kier molecular flexibility index (Phi) is 6.04. The number of benzene rings is 1. The average molecular weight is 301 g/mol. The van der Waals surface area contributed by atoms with Crippen molar-refractivity contribution in [3.8, 4) is 0 Å². The van der Waals surface area contributed by atoms with E-state index < -0.39 is 0 Å². The van der Waals surface area contributed by atoms with E-state index in [1.165, 1.54) is 11.8 Å². The molecule has 0 bridgehead atoms. The van der Waals surface area contributed by atoms with Gasteiger partial charge in [-0.15, -0.1) is 0 Å². The van der Waals surface area contributed by atoms with E-state index in [0.29, 0.717) is 19.6 Å². The first-order valence-corrected chi connectivity index (χ1v) is 7.13. The van der Waals surface area contributed by atoms with Crippen molar-refractivity contribution in [3.05, 3.63) is 60.1 Å². The Balaban J connectivity index is 1.53. The number of carbonyl (C=O) groups is 2. The zero-order valence-electron chi connectivity index (χ0n) is 12.2. The second-order valence-electron chi connectivity index (χ2n) is 4.65. The zero-order valence-corrected chi connectivity index (χ0v) is 12.2. The van der Waals surface area contributed by atoms with Crippen molar-refractivity contribution in [1.82, 2.24) is 16.0 Å². The van der Waals surface area contributed by atoms with Crippen LogP contribution >= 0.6 is 0 Å². The smallest absolute Gasteiger partial charge is 0.314 e. The third-order valence-electron chi connectivity index (χ3n) is 2.98. The number of amides is 3. The number of hydrogen-bond acceptors (Lipinski definition) is 3. The molecule has 0 radical (unpaired) electrons. The first-order chi connectivity index (χ1) is 10.8. The molecule has 6 nitrogen and oxygen atoms in total. The molecule has 0 spiro atoms. The van der Waals surface area contributed by atoms with E-state index >= 15 is 0 Å². The van der Waals surface area contributed by atoms with Gasteiger partial charge < -0.3 is 20.4 Å². The molecule has 6 heteroatoms. The summed E-state index contributed by atoms with van der Waals surface area (Å²) in [5.41, 5.74) is 1.17. The van der Waals surface area contributed by atoms with Crippen LogP contribution in [0, 0.1) is 0 Å². The highest BCUT2D eigenvalue weighted by Crippen LogP contribution is 1.98. The largest absolute Gasteiger partial charge is 0.459 e. The maximum absolute atomic E-state index is 11.6. The molecule has 0 aliphatic rings. The average Bonchev–Trinajstić information content (AvgIpc) is 3.07. The van der Waals surface area contributed by atoms with Gasteiger partial charge in [0.2, 0.25) is 0 Å². The Bertz CT molecular complexity index is 582. The quantitative estimate of drug-likeness (QED) is 0.679. The molecule has 3 N–H and O–H groups in total. The molecule has 0 atom stereocenters. The van der Waals surface area contributed by atoms with Crippen LogP contribution in [-0.4, -0.2) is 31.6 Å². The molecule has 3 amide bonds. The van der Waals surface area contributed by atoms with E-state index in [2.05, 4.69) is 16.0 Å². The minimum absolute atomic E-state index is 0.247. The maximum atomic E-state index is 11.6. The normalized spacial score (nSPS) is 10.0. The van der Waals surface area contributed by atoms with Gasteiger partial charge in [0.15, 0.2) is 5.76 Å². The highest BCUT2D eigenvalue weighted by Gasteiger charge is 2.07. The van der Waals surface area contributed by atoms with Crippen molar-refractivity contribution >= 4 is 11.9 Å². The lowest BCUT2D eigenvalue weighted by Crippen LogP contribution is -2.40. The van der Waals surface area contributed by atoms with Crippen LogP contribution in [0.4, 0.5) is 4.79 Å². The Morgan fingerprint density at radius 1 is 0.864 bits per heavy atom. The van der Waals surface area contributed by atoms with Crippen LogP contribution in [0.3, 0.4) is 0 Å². The number of nitrogens with one attached hydrogen (secondary N) is 3. The molecule has 0 unspecified atom stereocenters. The second kappa shape index (κ2) is 8.51. The molecular weight excluding hydrogens is 282 g/mol. The predicted octanol–water partition coefficient (Wildman–Crippen LogP) is 1.55. The molecule has 22 heavy (non-hydrogen) atoms. The summed E-state index contributed by atoms with van der Waals surface area (Å²) in [5, 5.41) is 8.09. The summed E-state index contributed by atoms with van der Waals surface area (Å²) in [4.78, 5) is 23.1. The van der Waals surface area contributed by atoms with Gasteiger partial charge in [-0.3, -0.25) is 4.79 Å². The summed E-state index contributed by atoms with van der Waals surface area (Å²) in [6.07, 6.45) is 2.22. The fraction of sp³-hybridized carbons (Fsp3) is 0.250. The van der Waals surface area contributed by atoms with Crippen LogP contribution in [0.25, 0.3) is 0 Å². The molecule has 1 heterocycles. The van der Waals surface area contributed by atoms with Crippen LogP contribution < -0.4 is 16.0 Å². The predicted molar refractivity (Wildman–Crippen MR) is 82.6 cm³/mol. The summed E-state index contributed by atoms with van der Waals surface area (Å²) in [5.74, 6) is -0.0383. The van der Waals surface area contributed by atoms with E-state index in [-0.39, 0.29) is 17.7 Å². The van der Waals surface area contributed by atoms with Crippen molar-refractivity contribution < 1.29 is 14.0 Å². The van der Waals surface area contributed by atoms with E-state index in [4.69, 9.17) is 4.42 Å². The molecule has 0 aliphatic heterocycles. The van der Waals surface area contributed by atoms with Gasteiger partial charge in [-0.05, 0) is 24.1 Å². The summed E-state index contributed by atoms with van der Waals surface area (Å²) in [7, 11) is 0. The molecule has 0 saturated heterocycles. The molecule has 0 fully saturated rings. The Hall–Kier alpha value is -2.76. The molecule has 116 valence electrons. The van der Waals surface area contributed by atoms with E-state index in [0.717, 1.165) is 6.42 Å². The number of rotatable bonds is 7. The van der Waals surface area contributed by atoms with E-state index in [1.54, 1.807) is 12.1 Å². The van der Waals surface area contributed by atoms with Crippen molar-refractivity contribution in [1.29, 1.82) is 0 Å². The van der Waals surface area contributed by atoms with Crippen LogP contribution in [0.5, 0.6) is 0 Å². The summed E-state index contributed by atoms with van der Waals surface area (Å²) < 4.78 is 4.96. The van der Waals surface area contributed by atoms with Gasteiger partial charge in [0, 0.05) is 19.6 Å². The lowest BCUT2D eigenvalue weighted by Gasteiger charge is -2.08. The summed E-state index contributed by atoms with van der Waals surface area (Å²) >= 11 is 0. The molecule has 1 aromatic heterocycles. The third kappa shape index (κ3) is 5.32. The Labute approximate surface area is 128 Å². The van der Waals surface area contributed by atoms with Gasteiger partial charge in [-0.1, -0.05) is 30.3 Å². The second-order valence-corrected chi connectivity index (χ2v) is 4.65. The van der Waals surface area contributed by atoms with Crippen LogP contribution in [-0.2, 0) is 6.42 Å². The maximum Gasteiger partial charge on any atom is 0.314 e. The van der Waals surface area contributed by atoms with E-state index in [9.17, 15) is 9.59 Å². The first kappa shape index (κ1) is 15.6. The van der Waals surface area contributed by atoms with Gasteiger partial charge in [0.25, 0.3) is 5.91 Å². The van der Waals surface area contributed by atoms with Gasteiger partial charge in [-0.2, -0.15) is 0 Å². The number of hydrogen-bond donors (Lipinski definition) is 3. The first-order valence-electron chi connectivity index (χ1n) is 7.13. The number of urea groups is 1. The summed E-state index contributed by atoms with van der Waals surface area (Å²) in [6, 6.07) is 12.9. The molecule has 0 aliphatic carbocycles. The Morgan fingerprint density at radius 2 is 1.59 bits per heavy atom. The standard InChI is InChI=1S/C16H19N3O3/c20-15(14-7-4-12-22-14)17-10-11-19-16(21)18-9-8-13-5-2-1-3-6-13/h1-7,12H,8-11H2,(H,17,20)(H2,18,19,21). The van der Waals surface area contributed by atoms with Gasteiger partial charge in [0.05, 0.1) is 6.26 Å². The fourth-order valence-electron chi connectivity index (χ4n) is 1.87. The van der Waals surface area contributed by atoms with Crippen molar-refractivity contribution in [2.45, 2.75) is 6.42 Å². The zero-order chi connectivity index (χ0) is 15.6. The molecular formula is C16H19N3O3. The minimum atomic E-state index is -0.295. The third-order valence-corrected chi connectivity index (χ3v) is 2.98. The molecule has 2 rings (SSSR count). The van der Waals surface area contributed by atoms with Crippen molar-refractivity contribution in [2.24, 2.45) is 0 Å². The molecule has 1 aromatic carbocycles. The van der Waals surface area contributed by atoms with Crippen LogP contribution in [0.1, 0.15) is 16.1 Å².